The number of nitrogens with two attached hydrogens (primary N) is 1. The second-order valence-corrected chi connectivity index (χ2v) is 3.80. The first-order valence-corrected chi connectivity index (χ1v) is 5.01. The van der Waals surface area contributed by atoms with E-state index in [-0.39, 0.29) is 13.0 Å². The third-order valence-electron chi connectivity index (χ3n) is 2.58. The van der Waals surface area contributed by atoms with Crippen LogP contribution in [0.25, 0.3) is 0 Å². The summed E-state index contributed by atoms with van der Waals surface area (Å²) >= 11 is 0. The van der Waals surface area contributed by atoms with Crippen molar-refractivity contribution in [3.8, 4) is 0 Å². The molecule has 0 bridgehead atoms. The molecule has 2 heterocycles. The molecule has 0 spiro atoms. The minimum atomic E-state index is -1.05. The summed E-state index contributed by atoms with van der Waals surface area (Å²) in [5.74, 6) is -1.37. The van der Waals surface area contributed by atoms with E-state index in [1.54, 1.807) is 0 Å². The van der Waals surface area contributed by atoms with Gasteiger partial charge in [0.05, 0.1) is 18.9 Å². The van der Waals surface area contributed by atoms with Crippen molar-refractivity contribution in [2.24, 2.45) is 0 Å². The number of hydrogen-bond donors (Lipinski definition) is 3. The number of hydrogen-bond acceptors (Lipinski definition) is 6. The van der Waals surface area contributed by atoms with Crippen molar-refractivity contribution >= 4 is 5.82 Å². The lowest BCUT2D eigenvalue weighted by molar-refractivity contribution is -0.0533. The number of rotatable bonds is 2. The van der Waals surface area contributed by atoms with Crippen molar-refractivity contribution in [2.45, 2.75) is 24.9 Å². The first-order valence-electron chi connectivity index (χ1n) is 5.01. The molecular formula is C9H12FN3O4. The highest BCUT2D eigenvalue weighted by molar-refractivity contribution is 5.26. The zero-order valence-electron chi connectivity index (χ0n) is 8.78. The zero-order chi connectivity index (χ0) is 12.6. The van der Waals surface area contributed by atoms with E-state index >= 15 is 0 Å². The average Bonchev–Trinajstić information content (AvgIpc) is 2.65. The molecule has 17 heavy (non-hydrogen) atoms. The first kappa shape index (κ1) is 12.0. The van der Waals surface area contributed by atoms with E-state index in [1.165, 1.54) is 0 Å². The van der Waals surface area contributed by atoms with Gasteiger partial charge in [-0.1, -0.05) is 0 Å². The van der Waals surface area contributed by atoms with Crippen LogP contribution in [0.4, 0.5) is 10.2 Å². The monoisotopic (exact) mass is 245 g/mol. The maximum absolute atomic E-state index is 13.2. The summed E-state index contributed by atoms with van der Waals surface area (Å²) in [6.45, 7) is -0.285. The number of aromatic nitrogens is 2. The quantitative estimate of drug-likeness (QED) is 0.591. The molecule has 3 atom stereocenters. The van der Waals surface area contributed by atoms with Crippen LogP contribution in [-0.2, 0) is 4.74 Å². The molecule has 0 amide bonds. The molecule has 0 unspecified atom stereocenters. The summed E-state index contributed by atoms with van der Waals surface area (Å²) in [6, 6.07) is 0. The van der Waals surface area contributed by atoms with Gasteiger partial charge in [0.1, 0.15) is 6.10 Å². The van der Waals surface area contributed by atoms with E-state index in [0.717, 1.165) is 10.8 Å². The lowest BCUT2D eigenvalue weighted by Crippen LogP contribution is -2.32. The van der Waals surface area contributed by atoms with E-state index in [2.05, 4.69) is 4.98 Å². The summed E-state index contributed by atoms with van der Waals surface area (Å²) in [7, 11) is 0. The SMILES string of the molecule is Nc1nc(=O)n([C@@H]2O[C@H](CO)C[C@H]2O)cc1F. The Kier molecular flexibility index (Phi) is 3.09. The molecule has 1 aliphatic rings. The Labute approximate surface area is 95.3 Å². The molecule has 0 saturated carbocycles. The summed E-state index contributed by atoms with van der Waals surface area (Å²) in [5, 5.41) is 18.5. The van der Waals surface area contributed by atoms with Gasteiger partial charge in [-0.05, 0) is 0 Å². The van der Waals surface area contributed by atoms with Gasteiger partial charge in [0.25, 0.3) is 0 Å². The Morgan fingerprint density at radius 2 is 2.41 bits per heavy atom. The maximum atomic E-state index is 13.2. The van der Waals surface area contributed by atoms with E-state index in [9.17, 15) is 14.3 Å². The highest BCUT2D eigenvalue weighted by atomic mass is 19.1. The Balaban J connectivity index is 2.35. The van der Waals surface area contributed by atoms with Gasteiger partial charge in [-0.15, -0.1) is 0 Å². The lowest BCUT2D eigenvalue weighted by Gasteiger charge is -2.17. The predicted molar refractivity (Wildman–Crippen MR) is 54.5 cm³/mol. The highest BCUT2D eigenvalue weighted by Gasteiger charge is 2.35. The van der Waals surface area contributed by atoms with Crippen LogP contribution in [0.15, 0.2) is 11.0 Å². The molecule has 1 aromatic heterocycles. The normalized spacial score (nSPS) is 28.5. The second kappa shape index (κ2) is 4.40. The minimum Gasteiger partial charge on any atom is -0.394 e. The molecular weight excluding hydrogens is 233 g/mol. The summed E-state index contributed by atoms with van der Waals surface area (Å²) in [6.07, 6.45) is -1.64. The summed E-state index contributed by atoms with van der Waals surface area (Å²) in [5.41, 5.74) is 4.32. The minimum absolute atomic E-state index is 0.166. The van der Waals surface area contributed by atoms with Crippen LogP contribution >= 0.6 is 0 Å². The maximum Gasteiger partial charge on any atom is 0.351 e. The molecule has 1 saturated heterocycles. The zero-order valence-corrected chi connectivity index (χ0v) is 8.78. The second-order valence-electron chi connectivity index (χ2n) is 3.80. The number of ether oxygens (including phenoxy) is 1. The third kappa shape index (κ3) is 2.14. The molecule has 2 rings (SSSR count). The lowest BCUT2D eigenvalue weighted by atomic mass is 10.2. The van der Waals surface area contributed by atoms with Crippen molar-refractivity contribution < 1.29 is 19.3 Å². The van der Waals surface area contributed by atoms with Crippen molar-refractivity contribution in [1.29, 1.82) is 0 Å². The first-order chi connectivity index (χ1) is 8.02. The highest BCUT2D eigenvalue weighted by Crippen LogP contribution is 2.27. The van der Waals surface area contributed by atoms with Gasteiger partial charge in [0.15, 0.2) is 17.9 Å². The molecule has 0 radical (unpaired) electrons. The molecule has 7 nitrogen and oxygen atoms in total. The number of anilines is 1. The van der Waals surface area contributed by atoms with Crippen molar-refractivity contribution in [3.05, 3.63) is 22.5 Å². The van der Waals surface area contributed by atoms with Gasteiger partial charge in [-0.2, -0.15) is 4.98 Å². The molecule has 0 aromatic carbocycles. The molecule has 94 valence electrons. The smallest absolute Gasteiger partial charge is 0.351 e. The van der Waals surface area contributed by atoms with Crippen molar-refractivity contribution in [1.82, 2.24) is 9.55 Å². The fourth-order valence-electron chi connectivity index (χ4n) is 1.74. The van der Waals surface area contributed by atoms with Gasteiger partial charge in [0.2, 0.25) is 0 Å². The number of aliphatic hydroxyl groups is 2. The third-order valence-corrected chi connectivity index (χ3v) is 2.58. The van der Waals surface area contributed by atoms with Gasteiger partial charge in [-0.25, -0.2) is 9.18 Å². The number of nitrogens with zero attached hydrogens (tertiary/aromatic N) is 2. The molecule has 1 aromatic rings. The standard InChI is InChI=1S/C9H12FN3O4/c10-5-2-13(9(16)12-7(5)11)8-6(15)1-4(3-14)17-8/h2,4,6,8,14-15H,1,3H2,(H2,11,12,16)/t4-,6+,8+/m0/s1. The average molecular weight is 245 g/mol. The van der Waals surface area contributed by atoms with Gasteiger partial charge in [-0.3, -0.25) is 4.57 Å². The fraction of sp³-hybridized carbons (Fsp3) is 0.556. The van der Waals surface area contributed by atoms with Crippen LogP contribution in [-0.4, -0.2) is 38.6 Å². The van der Waals surface area contributed by atoms with E-state index in [1.807, 2.05) is 0 Å². The molecule has 1 fully saturated rings. The van der Waals surface area contributed by atoms with Crippen molar-refractivity contribution in [3.63, 3.8) is 0 Å². The Morgan fingerprint density at radius 1 is 1.71 bits per heavy atom. The molecule has 8 heteroatoms. The van der Waals surface area contributed by atoms with E-state index in [0.29, 0.717) is 0 Å². The van der Waals surface area contributed by atoms with Gasteiger partial charge in [0, 0.05) is 6.42 Å². The van der Waals surface area contributed by atoms with Crippen LogP contribution in [0, 0.1) is 5.82 Å². The topological polar surface area (TPSA) is 111 Å². The van der Waals surface area contributed by atoms with Gasteiger partial charge >= 0.3 is 5.69 Å². The molecule has 1 aliphatic heterocycles. The van der Waals surface area contributed by atoms with Crippen LogP contribution in [0.5, 0.6) is 0 Å². The fourth-order valence-corrected chi connectivity index (χ4v) is 1.74. The van der Waals surface area contributed by atoms with E-state index < -0.39 is 35.8 Å². The van der Waals surface area contributed by atoms with Crippen LogP contribution in [0.1, 0.15) is 12.6 Å². The summed E-state index contributed by atoms with van der Waals surface area (Å²) in [4.78, 5) is 14.7. The number of halogens is 1. The van der Waals surface area contributed by atoms with Crippen LogP contribution in [0.2, 0.25) is 0 Å². The van der Waals surface area contributed by atoms with Crippen molar-refractivity contribution in [2.75, 3.05) is 12.3 Å². The predicted octanol–water partition coefficient (Wildman–Crippen LogP) is -1.39. The Bertz CT molecular complexity index is 478. The number of aliphatic hydroxyl groups excluding tert-OH is 2. The largest absolute Gasteiger partial charge is 0.394 e. The molecule has 0 aliphatic carbocycles. The van der Waals surface area contributed by atoms with Crippen LogP contribution < -0.4 is 11.4 Å². The Morgan fingerprint density at radius 3 is 3.00 bits per heavy atom. The number of nitrogen functional groups attached to an aromatic ring is 1. The van der Waals surface area contributed by atoms with E-state index in [4.69, 9.17) is 15.6 Å². The van der Waals surface area contributed by atoms with Crippen LogP contribution in [0.3, 0.4) is 0 Å². The Hall–Kier alpha value is -1.51. The summed E-state index contributed by atoms with van der Waals surface area (Å²) < 4.78 is 19.2. The molecule has 4 N–H and O–H groups in total. The van der Waals surface area contributed by atoms with Gasteiger partial charge < -0.3 is 20.7 Å².